The number of hydrogen-bond acceptors (Lipinski definition) is 0. The molecule has 0 unspecified atom stereocenters. The summed E-state index contributed by atoms with van der Waals surface area (Å²) in [7, 11) is 0. The molecule has 0 aliphatic carbocycles. The molecule has 0 spiro atoms. The molecule has 0 aliphatic heterocycles. The predicted molar refractivity (Wildman–Crippen MR) is 35.6 cm³/mol. The Hall–Kier alpha value is -0.801. The molecule has 0 fully saturated rings. The first-order valence-electron chi connectivity index (χ1n) is 1.82. The second-order valence-electron chi connectivity index (χ2n) is 0.667. The van der Waals surface area contributed by atoms with E-state index in [2.05, 4.69) is 0 Å². The summed E-state index contributed by atoms with van der Waals surface area (Å²) in [5.41, 5.74) is 24.3. The molecule has 4 N–H and O–H groups in total. The van der Waals surface area contributed by atoms with Crippen LogP contribution in [0.5, 0.6) is 0 Å². The van der Waals surface area contributed by atoms with E-state index in [1.165, 1.54) is 0 Å². The van der Waals surface area contributed by atoms with E-state index in [-0.39, 0.29) is 17.1 Å². The van der Waals surface area contributed by atoms with Crippen molar-refractivity contribution in [2.45, 2.75) is 0 Å². The monoisotopic (exact) mass is 175 g/mol. The van der Waals surface area contributed by atoms with Crippen LogP contribution >= 0.6 is 0 Å². The van der Waals surface area contributed by atoms with Crippen LogP contribution in [-0.4, -0.2) is 0 Å². The van der Waals surface area contributed by atoms with Crippen LogP contribution in [0.1, 0.15) is 0 Å². The van der Waals surface area contributed by atoms with Gasteiger partial charge in [-0.1, -0.05) is 0 Å². The van der Waals surface area contributed by atoms with E-state index in [9.17, 15) is 0 Å². The van der Waals surface area contributed by atoms with E-state index in [0.29, 0.717) is 0 Å². The average Bonchev–Trinajstić information content (AvgIpc) is 1.88. The van der Waals surface area contributed by atoms with Gasteiger partial charge in [0.25, 0.3) is 0 Å². The van der Waals surface area contributed by atoms with Crippen LogP contribution in [0, 0.1) is 0 Å². The predicted octanol–water partition coefficient (Wildman–Crippen LogP) is 3.12. The molecule has 57 valence electrons. The maximum absolute atomic E-state index is 6.08. The minimum atomic E-state index is 0. The normalized spacial score (nSPS) is 8.00. The van der Waals surface area contributed by atoms with Crippen LogP contribution < -0.4 is 0 Å². The van der Waals surface area contributed by atoms with Crippen molar-refractivity contribution >= 4 is 0 Å². The third kappa shape index (κ3) is 135. The summed E-state index contributed by atoms with van der Waals surface area (Å²) in [6.07, 6.45) is 3.67. The van der Waals surface area contributed by atoms with Crippen LogP contribution in [0.3, 0.4) is 0 Å². The van der Waals surface area contributed by atoms with Crippen LogP contribution in [0.4, 0.5) is 0 Å². The topological polar surface area (TPSA) is 95.2 Å². The molecule has 0 amide bonds. The maximum atomic E-state index is 6.08. The molecule has 0 saturated carbocycles. The average molecular weight is 176 g/mol. The van der Waals surface area contributed by atoms with Crippen molar-refractivity contribution < 1.29 is 17.1 Å². The van der Waals surface area contributed by atoms with E-state index in [0.717, 1.165) is 24.8 Å². The molecule has 0 aromatic rings. The van der Waals surface area contributed by atoms with Gasteiger partial charge in [-0.15, -0.1) is 0 Å². The zero-order valence-corrected chi connectivity index (χ0v) is 5.55. The van der Waals surface area contributed by atoms with Crippen LogP contribution in [0.25, 0.3) is 22.9 Å². The summed E-state index contributed by atoms with van der Waals surface area (Å²) < 4.78 is 0. The molecule has 5 heteroatoms. The summed E-state index contributed by atoms with van der Waals surface area (Å²) in [6.45, 7) is 0. The first kappa shape index (κ1) is 15.7. The Bertz CT molecular complexity index is 53.0. The first-order chi connectivity index (χ1) is 3.83. The Kier molecular flexibility index (Phi) is 47.2. The molecule has 9 heavy (non-hydrogen) atoms. The Labute approximate surface area is 65.4 Å². The zero-order valence-electron chi connectivity index (χ0n) is 4.61. The fourth-order valence-electron chi connectivity index (χ4n) is 0. The Morgan fingerprint density at radius 1 is 0.556 bits per heavy atom. The van der Waals surface area contributed by atoms with Crippen molar-refractivity contribution in [2.24, 2.45) is 0 Å². The van der Waals surface area contributed by atoms with Gasteiger partial charge >= 0.3 is 17.1 Å². The number of hydrogen-bond donors (Lipinski definition) is 0. The van der Waals surface area contributed by atoms with E-state index >= 15 is 0 Å². The maximum Gasteiger partial charge on any atom is 2.00 e. The van der Waals surface area contributed by atoms with Crippen molar-refractivity contribution in [3.05, 3.63) is 47.7 Å². The van der Waals surface area contributed by atoms with Gasteiger partial charge in [0.15, 0.2) is 0 Å². The van der Waals surface area contributed by atoms with E-state index in [1.807, 2.05) is 0 Å². The summed E-state index contributed by atoms with van der Waals surface area (Å²) in [6, 6.07) is 0. The second kappa shape index (κ2) is 27.0. The Morgan fingerprint density at radius 2 is 0.667 bits per heavy atom. The molecule has 0 bridgehead atoms. The van der Waals surface area contributed by atoms with Gasteiger partial charge in [0.05, 0.1) is 0 Å². The quantitative estimate of drug-likeness (QED) is 0.506. The second-order valence-corrected chi connectivity index (χ2v) is 0.667. The smallest absolute Gasteiger partial charge is 0.706 e. The minimum absolute atomic E-state index is 0. The first-order valence-corrected chi connectivity index (χ1v) is 1.82. The summed E-state index contributed by atoms with van der Waals surface area (Å²) >= 11 is 0. The molecule has 4 nitrogen and oxygen atoms in total. The Balaban J connectivity index is -0.0000000720. The molecular formula is C4H8CuN4-2. The van der Waals surface area contributed by atoms with Gasteiger partial charge in [-0.05, 0) is 0 Å². The van der Waals surface area contributed by atoms with Crippen molar-refractivity contribution in [1.29, 1.82) is 0 Å². The molecule has 0 aromatic carbocycles. The summed E-state index contributed by atoms with van der Waals surface area (Å²) in [5, 5.41) is 0. The minimum Gasteiger partial charge on any atom is -0.706 e. The zero-order chi connectivity index (χ0) is 6.83. The van der Waals surface area contributed by atoms with Gasteiger partial charge in [-0.25, -0.2) is 24.8 Å². The molecule has 0 atom stereocenters. The summed E-state index contributed by atoms with van der Waals surface area (Å²) in [4.78, 5) is 0. The van der Waals surface area contributed by atoms with Gasteiger partial charge in [-0.2, -0.15) is 0 Å². The van der Waals surface area contributed by atoms with E-state index in [1.54, 1.807) is 0 Å². The standard InChI is InChI=1S/2C2H4N2.Cu/c2*3-1-2-4;/h2*1-4H;/q2*-2;+2. The molecule has 0 aromatic heterocycles. The third-order valence-corrected chi connectivity index (χ3v) is 0.167. The number of nitrogens with one attached hydrogen (secondary N) is 4. The van der Waals surface area contributed by atoms with Crippen LogP contribution in [0.15, 0.2) is 24.8 Å². The summed E-state index contributed by atoms with van der Waals surface area (Å²) in [5.74, 6) is 0. The SMILES string of the molecule is [Cu+2].[NH-]C=C[NH-].[NH-]C=C[NH-]. The van der Waals surface area contributed by atoms with Crippen LogP contribution in [-0.2, 0) is 17.1 Å². The van der Waals surface area contributed by atoms with Gasteiger partial charge < -0.3 is 22.9 Å². The van der Waals surface area contributed by atoms with Crippen LogP contribution in [0.2, 0.25) is 0 Å². The van der Waals surface area contributed by atoms with Crippen molar-refractivity contribution in [3.8, 4) is 0 Å². The van der Waals surface area contributed by atoms with Crippen molar-refractivity contribution in [3.63, 3.8) is 0 Å². The van der Waals surface area contributed by atoms with Gasteiger partial charge in [0.1, 0.15) is 0 Å². The fraction of sp³-hybridized carbons (Fsp3) is 0. The largest absolute Gasteiger partial charge is 2.00 e. The van der Waals surface area contributed by atoms with Gasteiger partial charge in [0.2, 0.25) is 0 Å². The molecule has 1 radical (unpaired) electrons. The number of rotatable bonds is 0. The molecule has 0 aliphatic rings. The van der Waals surface area contributed by atoms with Gasteiger partial charge in [-0.3, -0.25) is 0 Å². The molecule has 0 heterocycles. The molecular weight excluding hydrogens is 168 g/mol. The van der Waals surface area contributed by atoms with Gasteiger partial charge in [0, 0.05) is 0 Å². The molecule has 0 rings (SSSR count). The van der Waals surface area contributed by atoms with E-state index < -0.39 is 0 Å². The Morgan fingerprint density at radius 3 is 0.667 bits per heavy atom. The third-order valence-electron chi connectivity index (χ3n) is 0.167. The van der Waals surface area contributed by atoms with E-state index in [4.69, 9.17) is 22.9 Å². The fourth-order valence-corrected chi connectivity index (χ4v) is 0. The van der Waals surface area contributed by atoms with Crippen molar-refractivity contribution in [2.75, 3.05) is 0 Å². The molecule has 0 saturated heterocycles. The van der Waals surface area contributed by atoms with Crippen molar-refractivity contribution in [1.82, 2.24) is 0 Å².